The third-order valence-electron chi connectivity index (χ3n) is 4.78. The molecular formula is C17H22N4O4. The fourth-order valence-electron chi connectivity index (χ4n) is 3.45. The smallest absolute Gasteiger partial charge is 0.325 e. The van der Waals surface area contributed by atoms with Gasteiger partial charge in [0.15, 0.2) is 0 Å². The van der Waals surface area contributed by atoms with Gasteiger partial charge >= 0.3 is 6.03 Å². The Labute approximate surface area is 145 Å². The number of urea groups is 1. The minimum absolute atomic E-state index is 0.0289. The first-order valence-electron chi connectivity index (χ1n) is 8.33. The lowest BCUT2D eigenvalue weighted by atomic mass is 9.98. The molecular weight excluding hydrogens is 324 g/mol. The first-order valence-corrected chi connectivity index (χ1v) is 8.33. The summed E-state index contributed by atoms with van der Waals surface area (Å²) in [5.74, 6) is 0.0215. The summed E-state index contributed by atoms with van der Waals surface area (Å²) in [7, 11) is 1.51. The van der Waals surface area contributed by atoms with E-state index < -0.39 is 11.6 Å². The monoisotopic (exact) mass is 346 g/mol. The summed E-state index contributed by atoms with van der Waals surface area (Å²) >= 11 is 0. The van der Waals surface area contributed by atoms with Gasteiger partial charge in [-0.1, -0.05) is 12.8 Å². The maximum Gasteiger partial charge on any atom is 0.325 e. The number of nitrogens with zero attached hydrogens (tertiary/aromatic N) is 1. The Morgan fingerprint density at radius 1 is 1.36 bits per heavy atom. The van der Waals surface area contributed by atoms with E-state index in [0.717, 1.165) is 17.7 Å². The van der Waals surface area contributed by atoms with Gasteiger partial charge in [0.2, 0.25) is 5.91 Å². The molecule has 0 radical (unpaired) electrons. The average Bonchev–Trinajstić information content (AvgIpc) is 3.12. The lowest BCUT2D eigenvalue weighted by Crippen LogP contribution is -2.44. The number of carbonyl (C=O) groups excluding carboxylic acids is 3. The highest BCUT2D eigenvalue weighted by atomic mass is 16.5. The van der Waals surface area contributed by atoms with Crippen molar-refractivity contribution in [2.75, 3.05) is 24.7 Å². The van der Waals surface area contributed by atoms with E-state index in [2.05, 4.69) is 10.6 Å². The highest BCUT2D eigenvalue weighted by Gasteiger charge is 2.52. The number of anilines is 2. The molecule has 0 bridgehead atoms. The van der Waals surface area contributed by atoms with Gasteiger partial charge in [-0.25, -0.2) is 4.79 Å². The normalized spacial score (nSPS) is 18.5. The van der Waals surface area contributed by atoms with Crippen LogP contribution < -0.4 is 21.1 Å². The van der Waals surface area contributed by atoms with E-state index in [0.29, 0.717) is 30.0 Å². The summed E-state index contributed by atoms with van der Waals surface area (Å²) < 4.78 is 5.06. The van der Waals surface area contributed by atoms with Crippen molar-refractivity contribution in [2.24, 2.45) is 0 Å². The minimum Gasteiger partial charge on any atom is -0.495 e. The first-order chi connectivity index (χ1) is 11.9. The van der Waals surface area contributed by atoms with Gasteiger partial charge in [-0.2, -0.15) is 0 Å². The number of carbonyl (C=O) groups is 3. The van der Waals surface area contributed by atoms with Crippen molar-refractivity contribution in [2.45, 2.75) is 37.6 Å². The number of nitrogen functional groups attached to an aromatic ring is 1. The van der Waals surface area contributed by atoms with Gasteiger partial charge in [-0.05, 0) is 31.0 Å². The fraction of sp³-hybridized carbons (Fsp3) is 0.471. The van der Waals surface area contributed by atoms with E-state index >= 15 is 0 Å². The number of nitrogens with one attached hydrogen (secondary N) is 2. The Morgan fingerprint density at radius 3 is 2.72 bits per heavy atom. The predicted molar refractivity (Wildman–Crippen MR) is 92.1 cm³/mol. The quantitative estimate of drug-likeness (QED) is 0.552. The van der Waals surface area contributed by atoms with Gasteiger partial charge in [0.05, 0.1) is 12.8 Å². The Bertz CT molecular complexity index is 713. The highest BCUT2D eigenvalue weighted by molar-refractivity contribution is 6.07. The summed E-state index contributed by atoms with van der Waals surface area (Å²) in [6, 6.07) is 4.52. The standard InChI is InChI=1S/C17H22N4O4/c1-25-13-5-4-11(10-12(13)18)19-14(22)6-9-21-15(23)17(20-16(21)24)7-2-3-8-17/h4-5,10H,2-3,6-9,18H2,1H3,(H,19,22)(H,20,24). The number of ether oxygens (including phenoxy) is 1. The van der Waals surface area contributed by atoms with Crippen molar-refractivity contribution in [3.63, 3.8) is 0 Å². The third kappa shape index (κ3) is 3.24. The number of benzene rings is 1. The molecule has 1 aromatic rings. The average molecular weight is 346 g/mol. The number of amides is 4. The number of methoxy groups -OCH3 is 1. The largest absolute Gasteiger partial charge is 0.495 e. The van der Waals surface area contributed by atoms with Gasteiger partial charge < -0.3 is 21.1 Å². The summed E-state index contributed by atoms with van der Waals surface area (Å²) in [4.78, 5) is 37.8. The van der Waals surface area contributed by atoms with E-state index in [4.69, 9.17) is 10.5 Å². The Kier molecular flexibility index (Phi) is 4.52. The summed E-state index contributed by atoms with van der Waals surface area (Å²) in [5.41, 5.74) is 6.01. The molecule has 1 aliphatic heterocycles. The minimum atomic E-state index is -0.738. The number of hydrogen-bond acceptors (Lipinski definition) is 5. The first kappa shape index (κ1) is 17.1. The van der Waals surface area contributed by atoms with E-state index in [-0.39, 0.29) is 24.8 Å². The molecule has 134 valence electrons. The maximum atomic E-state index is 12.5. The van der Waals surface area contributed by atoms with Crippen LogP contribution in [0.3, 0.4) is 0 Å². The van der Waals surface area contributed by atoms with Crippen LogP contribution in [0.25, 0.3) is 0 Å². The fourth-order valence-corrected chi connectivity index (χ4v) is 3.45. The molecule has 4 amide bonds. The number of rotatable bonds is 5. The molecule has 8 nitrogen and oxygen atoms in total. The Morgan fingerprint density at radius 2 is 2.08 bits per heavy atom. The zero-order chi connectivity index (χ0) is 18.0. The van der Waals surface area contributed by atoms with Crippen LogP contribution in [0.1, 0.15) is 32.1 Å². The van der Waals surface area contributed by atoms with Crippen molar-refractivity contribution in [1.29, 1.82) is 0 Å². The van der Waals surface area contributed by atoms with Crippen LogP contribution >= 0.6 is 0 Å². The zero-order valence-electron chi connectivity index (χ0n) is 14.1. The topological polar surface area (TPSA) is 114 Å². The van der Waals surface area contributed by atoms with E-state index in [9.17, 15) is 14.4 Å². The lowest BCUT2D eigenvalue weighted by molar-refractivity contribution is -0.131. The van der Waals surface area contributed by atoms with Gasteiger partial charge in [0.1, 0.15) is 11.3 Å². The SMILES string of the molecule is COc1ccc(NC(=O)CCN2C(=O)NC3(CCCC3)C2=O)cc1N. The molecule has 8 heteroatoms. The second kappa shape index (κ2) is 6.62. The zero-order valence-corrected chi connectivity index (χ0v) is 14.1. The van der Waals surface area contributed by atoms with Crippen LogP contribution in [-0.4, -0.2) is 41.9 Å². The molecule has 25 heavy (non-hydrogen) atoms. The van der Waals surface area contributed by atoms with E-state index in [1.54, 1.807) is 18.2 Å². The summed E-state index contributed by atoms with van der Waals surface area (Å²) in [5, 5.41) is 5.50. The van der Waals surface area contributed by atoms with Crippen LogP contribution in [-0.2, 0) is 9.59 Å². The molecule has 2 fully saturated rings. The Balaban J connectivity index is 1.56. The molecule has 0 aromatic heterocycles. The number of imide groups is 1. The second-order valence-electron chi connectivity index (χ2n) is 6.43. The van der Waals surface area contributed by atoms with Crippen LogP contribution in [0.2, 0.25) is 0 Å². The summed E-state index contributed by atoms with van der Waals surface area (Å²) in [6.45, 7) is 0.0594. The molecule has 0 unspecified atom stereocenters. The van der Waals surface area contributed by atoms with Crippen molar-refractivity contribution >= 4 is 29.2 Å². The lowest BCUT2D eigenvalue weighted by Gasteiger charge is -2.19. The maximum absolute atomic E-state index is 12.5. The van der Waals surface area contributed by atoms with Crippen molar-refractivity contribution in [3.05, 3.63) is 18.2 Å². The third-order valence-corrected chi connectivity index (χ3v) is 4.78. The number of hydrogen-bond donors (Lipinski definition) is 3. The number of nitrogens with two attached hydrogens (primary N) is 1. The van der Waals surface area contributed by atoms with Crippen molar-refractivity contribution in [3.8, 4) is 5.75 Å². The van der Waals surface area contributed by atoms with Crippen LogP contribution in [0.5, 0.6) is 5.75 Å². The van der Waals surface area contributed by atoms with Gasteiger partial charge in [0, 0.05) is 18.7 Å². The van der Waals surface area contributed by atoms with Gasteiger partial charge in [0.25, 0.3) is 5.91 Å². The van der Waals surface area contributed by atoms with Crippen LogP contribution in [0, 0.1) is 0 Å². The molecule has 1 spiro atoms. The molecule has 1 saturated heterocycles. The van der Waals surface area contributed by atoms with Crippen LogP contribution in [0.15, 0.2) is 18.2 Å². The molecule has 1 saturated carbocycles. The second-order valence-corrected chi connectivity index (χ2v) is 6.43. The highest BCUT2D eigenvalue weighted by Crippen LogP contribution is 2.35. The molecule has 0 atom stereocenters. The van der Waals surface area contributed by atoms with Crippen molar-refractivity contribution in [1.82, 2.24) is 10.2 Å². The molecule has 1 heterocycles. The Hall–Kier alpha value is -2.77. The van der Waals surface area contributed by atoms with Gasteiger partial charge in [-0.15, -0.1) is 0 Å². The molecule has 1 aliphatic carbocycles. The van der Waals surface area contributed by atoms with E-state index in [1.807, 2.05) is 0 Å². The van der Waals surface area contributed by atoms with E-state index in [1.165, 1.54) is 7.11 Å². The van der Waals surface area contributed by atoms with Crippen LogP contribution in [0.4, 0.5) is 16.2 Å². The van der Waals surface area contributed by atoms with Gasteiger partial charge in [-0.3, -0.25) is 14.5 Å². The predicted octanol–water partition coefficient (Wildman–Crippen LogP) is 1.47. The molecule has 1 aromatic carbocycles. The molecule has 2 aliphatic rings. The summed E-state index contributed by atoms with van der Waals surface area (Å²) in [6.07, 6.45) is 3.23. The molecule has 4 N–H and O–H groups in total. The molecule has 3 rings (SSSR count). The van der Waals surface area contributed by atoms with Crippen molar-refractivity contribution < 1.29 is 19.1 Å².